The van der Waals surface area contributed by atoms with Crippen molar-refractivity contribution >= 4 is 29.2 Å². The van der Waals surface area contributed by atoms with Gasteiger partial charge in [0.1, 0.15) is 0 Å². The maximum absolute atomic E-state index is 12.4. The van der Waals surface area contributed by atoms with Crippen LogP contribution in [0.5, 0.6) is 0 Å². The highest BCUT2D eigenvalue weighted by Crippen LogP contribution is 2.20. The molecule has 1 aromatic carbocycles. The molecule has 1 aliphatic heterocycles. The highest BCUT2D eigenvalue weighted by Gasteiger charge is 2.16. The molecule has 0 unspecified atom stereocenters. The number of hydrogen-bond acceptors (Lipinski definition) is 4. The van der Waals surface area contributed by atoms with Crippen molar-refractivity contribution in [1.82, 2.24) is 20.9 Å². The summed E-state index contributed by atoms with van der Waals surface area (Å²) in [7, 11) is 0. The second-order valence-corrected chi connectivity index (χ2v) is 7.78. The minimum Gasteiger partial charge on any atom is -0.351 e. The summed E-state index contributed by atoms with van der Waals surface area (Å²) in [5, 5.41) is 12.1. The minimum absolute atomic E-state index is 0.245. The third-order valence-electron chi connectivity index (χ3n) is 3.88. The Morgan fingerprint density at radius 2 is 1.92 bits per heavy atom. The van der Waals surface area contributed by atoms with Crippen molar-refractivity contribution in [3.63, 3.8) is 0 Å². The first kappa shape index (κ1) is 20.5. The lowest BCUT2D eigenvalue weighted by Gasteiger charge is -2.27. The summed E-state index contributed by atoms with van der Waals surface area (Å²) < 4.78 is 0. The molecule has 1 heterocycles. The van der Waals surface area contributed by atoms with Crippen LogP contribution in [0, 0.1) is 0 Å². The highest BCUT2D eigenvalue weighted by atomic mass is 35.5. The molecule has 2 rings (SSSR count). The maximum Gasteiger partial charge on any atom is 0.319 e. The van der Waals surface area contributed by atoms with E-state index in [1.54, 1.807) is 18.2 Å². The lowest BCUT2D eigenvalue weighted by Crippen LogP contribution is -2.46. The quantitative estimate of drug-likeness (QED) is 0.627. The normalized spacial score (nSPS) is 15.4. The third kappa shape index (κ3) is 6.82. The fraction of sp³-hybridized carbons (Fsp3) is 0.556. The van der Waals surface area contributed by atoms with Crippen LogP contribution in [0.3, 0.4) is 0 Å². The first-order chi connectivity index (χ1) is 12.2. The van der Waals surface area contributed by atoms with Gasteiger partial charge in [-0.1, -0.05) is 11.6 Å². The monoisotopic (exact) mass is 381 g/mol. The van der Waals surface area contributed by atoms with Crippen molar-refractivity contribution in [2.75, 3.05) is 44.6 Å². The number of hydrogen-bond donors (Lipinski definition) is 4. The fourth-order valence-corrected chi connectivity index (χ4v) is 2.84. The van der Waals surface area contributed by atoms with Gasteiger partial charge < -0.3 is 21.3 Å². The van der Waals surface area contributed by atoms with E-state index < -0.39 is 0 Å². The maximum atomic E-state index is 12.4. The zero-order valence-electron chi connectivity index (χ0n) is 15.6. The van der Waals surface area contributed by atoms with Gasteiger partial charge in [0.05, 0.1) is 10.6 Å². The average Bonchev–Trinajstić information content (AvgIpc) is 2.55. The Kier molecular flexibility index (Phi) is 7.25. The van der Waals surface area contributed by atoms with Crippen molar-refractivity contribution < 1.29 is 9.59 Å². The number of benzene rings is 1. The molecule has 0 aromatic heterocycles. The molecule has 4 N–H and O–H groups in total. The molecule has 1 aliphatic rings. The van der Waals surface area contributed by atoms with Gasteiger partial charge in [-0.05, 0) is 39.0 Å². The number of anilines is 1. The molecule has 3 amide bonds. The smallest absolute Gasteiger partial charge is 0.319 e. The Hall–Kier alpha value is -1.83. The van der Waals surface area contributed by atoms with Crippen LogP contribution < -0.4 is 21.3 Å². The zero-order chi connectivity index (χ0) is 19.2. The van der Waals surface area contributed by atoms with E-state index in [2.05, 4.69) is 26.2 Å². The summed E-state index contributed by atoms with van der Waals surface area (Å²) in [6, 6.07) is 4.54. The molecule has 8 heteroatoms. The van der Waals surface area contributed by atoms with Crippen LogP contribution in [-0.2, 0) is 0 Å². The van der Waals surface area contributed by atoms with Crippen molar-refractivity contribution in [2.45, 2.75) is 26.3 Å². The number of halogens is 1. The number of amides is 3. The zero-order valence-corrected chi connectivity index (χ0v) is 16.4. The molecule has 0 spiro atoms. The number of rotatable bonds is 5. The van der Waals surface area contributed by atoms with E-state index in [-0.39, 0.29) is 17.5 Å². The van der Waals surface area contributed by atoms with E-state index in [0.717, 1.165) is 32.7 Å². The van der Waals surface area contributed by atoms with Crippen LogP contribution in [0.2, 0.25) is 5.02 Å². The van der Waals surface area contributed by atoms with Gasteiger partial charge in [-0.3, -0.25) is 9.69 Å². The van der Waals surface area contributed by atoms with Crippen LogP contribution in [0.25, 0.3) is 0 Å². The molecule has 0 atom stereocenters. The van der Waals surface area contributed by atoms with Gasteiger partial charge >= 0.3 is 6.03 Å². The van der Waals surface area contributed by atoms with Crippen LogP contribution in [0.4, 0.5) is 10.5 Å². The number of carbonyl (C=O) groups excluding carboxylic acids is 2. The van der Waals surface area contributed by atoms with Gasteiger partial charge in [0.25, 0.3) is 5.91 Å². The van der Waals surface area contributed by atoms with E-state index in [9.17, 15) is 9.59 Å². The van der Waals surface area contributed by atoms with Gasteiger partial charge in [0.2, 0.25) is 0 Å². The number of piperazine rings is 1. The van der Waals surface area contributed by atoms with Gasteiger partial charge in [-0.15, -0.1) is 0 Å². The largest absolute Gasteiger partial charge is 0.351 e. The summed E-state index contributed by atoms with van der Waals surface area (Å²) in [6.07, 6.45) is 0. The molecule has 1 saturated heterocycles. The Labute approximate surface area is 159 Å². The van der Waals surface area contributed by atoms with Gasteiger partial charge in [-0.2, -0.15) is 0 Å². The van der Waals surface area contributed by atoms with Crippen LogP contribution in [-0.4, -0.2) is 61.6 Å². The SMILES string of the molecule is CC(C)(C)NC(=O)Nc1ccc(Cl)c(C(=O)NCCN2CCNCC2)c1. The lowest BCUT2D eigenvalue weighted by atomic mass is 10.1. The van der Waals surface area contributed by atoms with E-state index in [1.807, 2.05) is 20.8 Å². The summed E-state index contributed by atoms with van der Waals surface area (Å²) in [6.45, 7) is 11.0. The Morgan fingerprint density at radius 3 is 2.58 bits per heavy atom. The van der Waals surface area contributed by atoms with Crippen molar-refractivity contribution in [3.05, 3.63) is 28.8 Å². The molecule has 0 bridgehead atoms. The highest BCUT2D eigenvalue weighted by molar-refractivity contribution is 6.34. The number of urea groups is 1. The molecule has 1 fully saturated rings. The fourth-order valence-electron chi connectivity index (χ4n) is 2.64. The molecule has 0 saturated carbocycles. The standard InChI is InChI=1S/C18H28ClN5O2/c1-18(2,3)23-17(26)22-13-4-5-15(19)14(12-13)16(25)21-8-11-24-9-6-20-7-10-24/h4-5,12,20H,6-11H2,1-3H3,(H,21,25)(H2,22,23,26). The van der Waals surface area contributed by atoms with Gasteiger partial charge in [0, 0.05) is 50.5 Å². The third-order valence-corrected chi connectivity index (χ3v) is 4.21. The Bertz CT molecular complexity index is 639. The molecule has 26 heavy (non-hydrogen) atoms. The lowest BCUT2D eigenvalue weighted by molar-refractivity contribution is 0.0947. The Morgan fingerprint density at radius 1 is 1.23 bits per heavy atom. The molecule has 1 aromatic rings. The van der Waals surface area contributed by atoms with E-state index in [4.69, 9.17) is 11.6 Å². The molecule has 144 valence electrons. The van der Waals surface area contributed by atoms with Crippen LogP contribution >= 0.6 is 11.6 Å². The number of nitrogens with one attached hydrogen (secondary N) is 4. The number of nitrogens with zero attached hydrogens (tertiary/aromatic N) is 1. The summed E-state index contributed by atoms with van der Waals surface area (Å²) in [4.78, 5) is 26.7. The predicted molar refractivity (Wildman–Crippen MR) is 105 cm³/mol. The van der Waals surface area contributed by atoms with E-state index in [0.29, 0.717) is 22.8 Å². The average molecular weight is 382 g/mol. The molecular weight excluding hydrogens is 354 g/mol. The second kappa shape index (κ2) is 9.21. The summed E-state index contributed by atoms with van der Waals surface area (Å²) in [5.74, 6) is -0.245. The Balaban J connectivity index is 1.90. The predicted octanol–water partition coefficient (Wildman–Crippen LogP) is 1.89. The minimum atomic E-state index is -0.347. The van der Waals surface area contributed by atoms with E-state index >= 15 is 0 Å². The first-order valence-electron chi connectivity index (χ1n) is 8.84. The van der Waals surface area contributed by atoms with Crippen LogP contribution in [0.1, 0.15) is 31.1 Å². The molecule has 0 radical (unpaired) electrons. The first-order valence-corrected chi connectivity index (χ1v) is 9.22. The topological polar surface area (TPSA) is 85.5 Å². The molecular formula is C18H28ClN5O2. The summed E-state index contributed by atoms with van der Waals surface area (Å²) in [5.41, 5.74) is 0.518. The molecule has 7 nitrogen and oxygen atoms in total. The van der Waals surface area contributed by atoms with Gasteiger partial charge in [-0.25, -0.2) is 4.79 Å². The van der Waals surface area contributed by atoms with E-state index in [1.165, 1.54) is 0 Å². The second-order valence-electron chi connectivity index (χ2n) is 7.37. The van der Waals surface area contributed by atoms with Crippen LogP contribution in [0.15, 0.2) is 18.2 Å². The van der Waals surface area contributed by atoms with Crippen molar-refractivity contribution in [2.24, 2.45) is 0 Å². The summed E-state index contributed by atoms with van der Waals surface area (Å²) >= 11 is 6.15. The van der Waals surface area contributed by atoms with Crippen molar-refractivity contribution in [3.8, 4) is 0 Å². The molecule has 0 aliphatic carbocycles. The van der Waals surface area contributed by atoms with Crippen molar-refractivity contribution in [1.29, 1.82) is 0 Å². The number of carbonyl (C=O) groups is 2. The van der Waals surface area contributed by atoms with Gasteiger partial charge in [0.15, 0.2) is 0 Å².